The van der Waals surface area contributed by atoms with Crippen LogP contribution in [-0.2, 0) is 14.3 Å². The maximum atomic E-state index is 13.1. The zero-order valence-corrected chi connectivity index (χ0v) is 19.6. The number of carboxylic acid groups (broad SMARTS) is 1. The topological polar surface area (TPSA) is 95.9 Å². The fourth-order valence-electron chi connectivity index (χ4n) is 5.77. The number of carbonyl (C=O) groups excluding carboxylic acids is 2. The monoisotopic (exact) mass is 474 g/mol. The van der Waals surface area contributed by atoms with Crippen molar-refractivity contribution in [3.05, 3.63) is 71.3 Å². The highest BCUT2D eigenvalue weighted by atomic mass is 16.5. The second-order valence-electron chi connectivity index (χ2n) is 9.57. The van der Waals surface area contributed by atoms with Crippen molar-refractivity contribution >= 4 is 18.0 Å². The second-order valence-corrected chi connectivity index (χ2v) is 9.57. The van der Waals surface area contributed by atoms with Crippen LogP contribution >= 0.6 is 0 Å². The molecule has 1 heterocycles. The molecule has 0 radical (unpaired) electrons. The van der Waals surface area contributed by atoms with Gasteiger partial charge in [-0.15, -0.1) is 0 Å². The first kappa shape index (κ1) is 23.1. The molecule has 7 nitrogen and oxygen atoms in total. The molecule has 0 saturated heterocycles. The molecule has 0 unspecified atom stereocenters. The van der Waals surface area contributed by atoms with E-state index in [2.05, 4.69) is 29.6 Å². The van der Waals surface area contributed by atoms with Gasteiger partial charge in [-0.25, -0.2) is 9.59 Å². The molecule has 182 valence electrons. The lowest BCUT2D eigenvalue weighted by atomic mass is 9.93. The minimum absolute atomic E-state index is 0.0109. The van der Waals surface area contributed by atoms with Gasteiger partial charge in [0.15, 0.2) is 0 Å². The summed E-state index contributed by atoms with van der Waals surface area (Å²) >= 11 is 0. The van der Waals surface area contributed by atoms with Crippen molar-refractivity contribution < 1.29 is 24.2 Å². The SMILES string of the molecule is O=C(NC[C@H]1CCC[C@H]1C(=O)N1CC=C(C(=O)O)CC1)OCC1c2ccccc2-c2ccccc21. The quantitative estimate of drug-likeness (QED) is 0.655. The Morgan fingerprint density at radius 1 is 1.00 bits per heavy atom. The summed E-state index contributed by atoms with van der Waals surface area (Å²) < 4.78 is 5.64. The fourth-order valence-corrected chi connectivity index (χ4v) is 5.77. The normalized spacial score (nSPS) is 21.1. The number of ether oxygens (including phenoxy) is 1. The van der Waals surface area contributed by atoms with Gasteiger partial charge >= 0.3 is 12.1 Å². The highest BCUT2D eigenvalue weighted by Crippen LogP contribution is 2.44. The van der Waals surface area contributed by atoms with E-state index in [1.165, 1.54) is 22.3 Å². The van der Waals surface area contributed by atoms with Gasteiger partial charge in [0.2, 0.25) is 5.91 Å². The third kappa shape index (κ3) is 4.67. The summed E-state index contributed by atoms with van der Waals surface area (Å²) in [5.41, 5.74) is 5.09. The van der Waals surface area contributed by atoms with Crippen molar-refractivity contribution in [3.63, 3.8) is 0 Å². The van der Waals surface area contributed by atoms with Crippen LogP contribution in [0.2, 0.25) is 0 Å². The molecule has 1 aliphatic heterocycles. The van der Waals surface area contributed by atoms with Gasteiger partial charge in [0.05, 0.1) is 0 Å². The summed E-state index contributed by atoms with van der Waals surface area (Å²) in [5, 5.41) is 12.0. The molecule has 0 bridgehead atoms. The van der Waals surface area contributed by atoms with Crippen LogP contribution in [0, 0.1) is 11.8 Å². The Morgan fingerprint density at radius 3 is 2.31 bits per heavy atom. The van der Waals surface area contributed by atoms with Crippen molar-refractivity contribution in [1.29, 1.82) is 0 Å². The number of benzene rings is 2. The molecule has 2 amide bonds. The molecule has 2 aromatic carbocycles. The fraction of sp³-hybridized carbons (Fsp3) is 0.393. The van der Waals surface area contributed by atoms with Gasteiger partial charge in [-0.05, 0) is 47.4 Å². The predicted octanol–water partition coefficient (Wildman–Crippen LogP) is 4.18. The summed E-state index contributed by atoms with van der Waals surface area (Å²) in [5.74, 6) is -0.932. The largest absolute Gasteiger partial charge is 0.478 e. The van der Waals surface area contributed by atoms with Crippen LogP contribution in [0.3, 0.4) is 0 Å². The number of nitrogens with one attached hydrogen (secondary N) is 1. The first-order chi connectivity index (χ1) is 17.0. The molecule has 5 rings (SSSR count). The van der Waals surface area contributed by atoms with Crippen LogP contribution in [0.25, 0.3) is 11.1 Å². The maximum absolute atomic E-state index is 13.1. The first-order valence-electron chi connectivity index (χ1n) is 12.3. The molecule has 0 aromatic heterocycles. The van der Waals surface area contributed by atoms with Crippen LogP contribution in [0.5, 0.6) is 0 Å². The molecular weight excluding hydrogens is 444 g/mol. The average molecular weight is 475 g/mol. The van der Waals surface area contributed by atoms with Crippen LogP contribution in [0.1, 0.15) is 42.7 Å². The standard InChI is InChI=1S/C28H30N2O5/c31-26(30-14-12-18(13-15-30)27(32)33)20-11-5-6-19(20)16-29-28(34)35-17-25-23-9-3-1-7-21(23)22-8-2-4-10-24(22)25/h1-4,7-10,12,19-20,25H,5-6,11,13-17H2,(H,29,34)(H,32,33)/t19-,20-/m1/s1. The van der Waals surface area contributed by atoms with E-state index in [-0.39, 0.29) is 30.3 Å². The number of fused-ring (bicyclic) bond motifs is 3. The lowest BCUT2D eigenvalue weighted by Crippen LogP contribution is -2.42. The number of amides is 2. The lowest BCUT2D eigenvalue weighted by molar-refractivity contribution is -0.138. The second kappa shape index (κ2) is 9.94. The maximum Gasteiger partial charge on any atom is 0.407 e. The Balaban J connectivity index is 1.15. The molecule has 1 fully saturated rings. The minimum atomic E-state index is -0.914. The third-order valence-electron chi connectivity index (χ3n) is 7.62. The molecule has 1 saturated carbocycles. The number of hydrogen-bond donors (Lipinski definition) is 2. The Morgan fingerprint density at radius 2 is 1.69 bits per heavy atom. The van der Waals surface area contributed by atoms with Gasteiger partial charge in [-0.2, -0.15) is 0 Å². The molecule has 2 aliphatic carbocycles. The number of carboxylic acids is 1. The molecular formula is C28H30N2O5. The van der Waals surface area contributed by atoms with E-state index >= 15 is 0 Å². The molecule has 0 spiro atoms. The lowest BCUT2D eigenvalue weighted by Gasteiger charge is -2.30. The third-order valence-corrected chi connectivity index (χ3v) is 7.62. The van der Waals surface area contributed by atoms with E-state index < -0.39 is 12.1 Å². The van der Waals surface area contributed by atoms with Crippen molar-refractivity contribution in [2.75, 3.05) is 26.2 Å². The van der Waals surface area contributed by atoms with Gasteiger partial charge in [0.25, 0.3) is 0 Å². The van der Waals surface area contributed by atoms with Gasteiger partial charge < -0.3 is 20.1 Å². The number of rotatable bonds is 6. The van der Waals surface area contributed by atoms with E-state index in [0.717, 1.165) is 19.3 Å². The zero-order chi connectivity index (χ0) is 24.4. The summed E-state index contributed by atoms with van der Waals surface area (Å²) in [6.45, 7) is 1.43. The molecule has 7 heteroatoms. The van der Waals surface area contributed by atoms with Crippen LogP contribution in [-0.4, -0.2) is 54.2 Å². The summed E-state index contributed by atoms with van der Waals surface area (Å²) in [6.07, 6.45) is 4.15. The minimum Gasteiger partial charge on any atom is -0.478 e. The van der Waals surface area contributed by atoms with Crippen LogP contribution in [0.4, 0.5) is 4.79 Å². The average Bonchev–Trinajstić information content (AvgIpc) is 3.48. The van der Waals surface area contributed by atoms with Gasteiger partial charge in [0, 0.05) is 37.0 Å². The van der Waals surface area contributed by atoms with Crippen molar-refractivity contribution in [1.82, 2.24) is 10.2 Å². The number of hydrogen-bond acceptors (Lipinski definition) is 4. The van der Waals surface area contributed by atoms with Crippen molar-refractivity contribution in [3.8, 4) is 11.1 Å². The highest BCUT2D eigenvalue weighted by Gasteiger charge is 2.36. The molecule has 35 heavy (non-hydrogen) atoms. The molecule has 3 aliphatic rings. The number of aliphatic carboxylic acids is 1. The van der Waals surface area contributed by atoms with Crippen LogP contribution < -0.4 is 5.32 Å². The van der Waals surface area contributed by atoms with Crippen LogP contribution in [0.15, 0.2) is 60.2 Å². The first-order valence-corrected chi connectivity index (χ1v) is 12.3. The zero-order valence-electron chi connectivity index (χ0n) is 19.6. The summed E-state index contributed by atoms with van der Waals surface area (Å²) in [6, 6.07) is 16.5. The predicted molar refractivity (Wildman–Crippen MR) is 131 cm³/mol. The van der Waals surface area contributed by atoms with E-state index in [1.807, 2.05) is 24.3 Å². The summed E-state index contributed by atoms with van der Waals surface area (Å²) in [7, 11) is 0. The Bertz CT molecular complexity index is 1130. The number of carbonyl (C=O) groups is 3. The molecule has 2 N–H and O–H groups in total. The Hall–Kier alpha value is -3.61. The molecule has 2 atom stereocenters. The van der Waals surface area contributed by atoms with Gasteiger partial charge in [-0.1, -0.05) is 61.0 Å². The van der Waals surface area contributed by atoms with Gasteiger partial charge in [0.1, 0.15) is 6.61 Å². The Kier molecular flexibility index (Phi) is 6.57. The summed E-state index contributed by atoms with van der Waals surface area (Å²) in [4.78, 5) is 38.5. The Labute approximate surface area is 204 Å². The van der Waals surface area contributed by atoms with Crippen molar-refractivity contribution in [2.24, 2.45) is 11.8 Å². The number of nitrogens with zero attached hydrogens (tertiary/aromatic N) is 1. The number of alkyl carbamates (subject to hydrolysis) is 1. The van der Waals surface area contributed by atoms with E-state index in [4.69, 9.17) is 9.84 Å². The smallest absolute Gasteiger partial charge is 0.407 e. The molecule has 2 aromatic rings. The van der Waals surface area contributed by atoms with E-state index in [9.17, 15) is 14.4 Å². The van der Waals surface area contributed by atoms with Gasteiger partial charge in [-0.3, -0.25) is 4.79 Å². The van der Waals surface area contributed by atoms with E-state index in [1.54, 1.807) is 11.0 Å². The highest BCUT2D eigenvalue weighted by molar-refractivity contribution is 5.87. The van der Waals surface area contributed by atoms with E-state index in [0.29, 0.717) is 31.6 Å². The van der Waals surface area contributed by atoms with Crippen molar-refractivity contribution in [2.45, 2.75) is 31.6 Å².